The van der Waals surface area contributed by atoms with Gasteiger partial charge in [0, 0.05) is 12.1 Å². The molecule has 0 unspecified atom stereocenters. The molecular weight excluding hydrogens is 216 g/mol. The zero-order valence-corrected chi connectivity index (χ0v) is 8.77. The first-order chi connectivity index (χ1) is 7.58. The summed E-state index contributed by atoms with van der Waals surface area (Å²) in [6, 6.07) is 5.82. The number of ether oxygens (including phenoxy) is 1. The fourth-order valence-corrected chi connectivity index (χ4v) is 1.10. The minimum absolute atomic E-state index is 0.0417. The minimum atomic E-state index is -2.85. The lowest BCUT2D eigenvalue weighted by Crippen LogP contribution is -2.27. The third kappa shape index (κ3) is 4.93. The molecule has 3 N–H and O–H groups in total. The molecule has 0 saturated heterocycles. The molecule has 0 aromatic heterocycles. The van der Waals surface area contributed by atoms with Crippen LogP contribution in [0.15, 0.2) is 24.3 Å². The molecule has 1 aliphatic rings. The largest absolute Gasteiger partial charge is 0.508 e. The van der Waals surface area contributed by atoms with Crippen molar-refractivity contribution in [3.05, 3.63) is 24.3 Å². The summed E-state index contributed by atoms with van der Waals surface area (Å²) < 4.78 is 27.1. The zero-order valence-electron chi connectivity index (χ0n) is 8.77. The van der Waals surface area contributed by atoms with Crippen LogP contribution >= 0.6 is 0 Å². The SMILES string of the molecule is NC1CCC1.Oc1cccc(OC(F)F)c1. The van der Waals surface area contributed by atoms with Crippen LogP contribution in [0.5, 0.6) is 11.5 Å². The van der Waals surface area contributed by atoms with Crippen LogP contribution in [-0.2, 0) is 0 Å². The van der Waals surface area contributed by atoms with E-state index in [0.29, 0.717) is 6.04 Å². The highest BCUT2D eigenvalue weighted by Crippen LogP contribution is 2.19. The maximum absolute atomic E-state index is 11.5. The van der Waals surface area contributed by atoms with E-state index in [0.717, 1.165) is 6.07 Å². The average Bonchev–Trinajstić information content (AvgIpc) is 2.14. The molecule has 1 aromatic rings. The van der Waals surface area contributed by atoms with Crippen molar-refractivity contribution < 1.29 is 18.6 Å². The van der Waals surface area contributed by atoms with Gasteiger partial charge in [-0.05, 0) is 25.0 Å². The second-order valence-electron chi connectivity index (χ2n) is 3.57. The summed E-state index contributed by atoms with van der Waals surface area (Å²) in [7, 11) is 0. The molecule has 0 aliphatic heterocycles. The molecule has 3 nitrogen and oxygen atoms in total. The second kappa shape index (κ2) is 6.27. The van der Waals surface area contributed by atoms with Crippen LogP contribution in [0, 0.1) is 0 Å². The predicted molar refractivity (Wildman–Crippen MR) is 56.6 cm³/mol. The topological polar surface area (TPSA) is 55.5 Å². The van der Waals surface area contributed by atoms with Crippen LogP contribution in [-0.4, -0.2) is 17.8 Å². The highest BCUT2D eigenvalue weighted by atomic mass is 19.3. The molecule has 0 spiro atoms. The maximum Gasteiger partial charge on any atom is 0.387 e. The summed E-state index contributed by atoms with van der Waals surface area (Å²) in [5, 5.41) is 8.80. The number of phenols is 1. The third-order valence-electron chi connectivity index (χ3n) is 2.19. The number of hydrogen-bond acceptors (Lipinski definition) is 3. The van der Waals surface area contributed by atoms with Gasteiger partial charge in [-0.1, -0.05) is 12.5 Å². The van der Waals surface area contributed by atoms with Gasteiger partial charge < -0.3 is 15.6 Å². The van der Waals surface area contributed by atoms with Gasteiger partial charge in [0.15, 0.2) is 0 Å². The monoisotopic (exact) mass is 231 g/mol. The number of halogens is 2. The Balaban J connectivity index is 0.000000212. The normalized spacial score (nSPS) is 15.0. The van der Waals surface area contributed by atoms with E-state index in [2.05, 4.69) is 4.74 Å². The Morgan fingerprint density at radius 2 is 2.00 bits per heavy atom. The number of aromatic hydroxyl groups is 1. The fraction of sp³-hybridized carbons (Fsp3) is 0.455. The molecule has 90 valence electrons. The first-order valence-electron chi connectivity index (χ1n) is 5.07. The summed E-state index contributed by atoms with van der Waals surface area (Å²) in [6.07, 6.45) is 3.89. The molecule has 0 heterocycles. The molecule has 0 radical (unpaired) electrons. The number of rotatable bonds is 2. The standard InChI is InChI=1S/C7H6F2O2.C4H9N/c8-7(9)11-6-3-1-2-5(10)4-6;5-4-2-1-3-4/h1-4,7,10H;4H,1-3,5H2. The fourth-order valence-electron chi connectivity index (χ4n) is 1.10. The molecule has 1 fully saturated rings. The maximum atomic E-state index is 11.5. The van der Waals surface area contributed by atoms with Crippen molar-refractivity contribution in [3.63, 3.8) is 0 Å². The molecule has 1 aromatic carbocycles. The van der Waals surface area contributed by atoms with Crippen LogP contribution in [0.1, 0.15) is 19.3 Å². The quantitative estimate of drug-likeness (QED) is 0.822. The van der Waals surface area contributed by atoms with Crippen LogP contribution in [0.2, 0.25) is 0 Å². The molecule has 0 amide bonds. The summed E-state index contributed by atoms with van der Waals surface area (Å²) in [4.78, 5) is 0. The summed E-state index contributed by atoms with van der Waals surface area (Å²) in [5.41, 5.74) is 5.38. The van der Waals surface area contributed by atoms with E-state index in [-0.39, 0.29) is 11.5 Å². The Morgan fingerprint density at radius 3 is 2.38 bits per heavy atom. The molecule has 16 heavy (non-hydrogen) atoms. The summed E-state index contributed by atoms with van der Waals surface area (Å²) in [6.45, 7) is -2.85. The van der Waals surface area contributed by atoms with Crippen LogP contribution in [0.3, 0.4) is 0 Å². The van der Waals surface area contributed by atoms with E-state index in [1.807, 2.05) is 0 Å². The van der Waals surface area contributed by atoms with Gasteiger partial charge in [0.1, 0.15) is 11.5 Å². The number of nitrogens with two attached hydrogens (primary N) is 1. The van der Waals surface area contributed by atoms with E-state index in [1.165, 1.54) is 37.5 Å². The second-order valence-corrected chi connectivity index (χ2v) is 3.57. The van der Waals surface area contributed by atoms with Gasteiger partial charge in [0.05, 0.1) is 0 Å². The smallest absolute Gasteiger partial charge is 0.387 e. The lowest BCUT2D eigenvalue weighted by molar-refractivity contribution is -0.0499. The van der Waals surface area contributed by atoms with Crippen molar-refractivity contribution in [2.75, 3.05) is 0 Å². The van der Waals surface area contributed by atoms with Crippen molar-refractivity contribution >= 4 is 0 Å². The van der Waals surface area contributed by atoms with Crippen LogP contribution in [0.4, 0.5) is 8.78 Å². The van der Waals surface area contributed by atoms with Crippen molar-refractivity contribution in [2.24, 2.45) is 5.73 Å². The molecule has 1 saturated carbocycles. The van der Waals surface area contributed by atoms with E-state index in [4.69, 9.17) is 10.8 Å². The molecular formula is C11H15F2NO2. The van der Waals surface area contributed by atoms with Crippen molar-refractivity contribution in [3.8, 4) is 11.5 Å². The number of benzene rings is 1. The van der Waals surface area contributed by atoms with Crippen molar-refractivity contribution in [1.29, 1.82) is 0 Å². The van der Waals surface area contributed by atoms with Crippen LogP contribution in [0.25, 0.3) is 0 Å². The van der Waals surface area contributed by atoms with E-state index in [1.54, 1.807) is 0 Å². The highest BCUT2D eigenvalue weighted by molar-refractivity contribution is 5.31. The Labute approximate surface area is 92.8 Å². The van der Waals surface area contributed by atoms with Gasteiger partial charge in [0.2, 0.25) is 0 Å². The first-order valence-corrected chi connectivity index (χ1v) is 5.07. The molecule has 5 heteroatoms. The Morgan fingerprint density at radius 1 is 1.38 bits per heavy atom. The average molecular weight is 231 g/mol. The summed E-state index contributed by atoms with van der Waals surface area (Å²) in [5.74, 6) is -0.136. The number of hydrogen-bond donors (Lipinski definition) is 2. The van der Waals surface area contributed by atoms with Gasteiger partial charge >= 0.3 is 6.61 Å². The zero-order chi connectivity index (χ0) is 12.0. The Hall–Kier alpha value is -1.36. The lowest BCUT2D eigenvalue weighted by Gasteiger charge is -2.18. The molecule has 1 aliphatic carbocycles. The first kappa shape index (κ1) is 12.7. The van der Waals surface area contributed by atoms with Gasteiger partial charge in [-0.15, -0.1) is 0 Å². The third-order valence-corrected chi connectivity index (χ3v) is 2.19. The summed E-state index contributed by atoms with van der Waals surface area (Å²) >= 11 is 0. The highest BCUT2D eigenvalue weighted by Gasteiger charge is 2.09. The van der Waals surface area contributed by atoms with Crippen molar-refractivity contribution in [2.45, 2.75) is 31.9 Å². The van der Waals surface area contributed by atoms with E-state index < -0.39 is 6.61 Å². The molecule has 0 bridgehead atoms. The minimum Gasteiger partial charge on any atom is -0.508 e. The van der Waals surface area contributed by atoms with E-state index in [9.17, 15) is 8.78 Å². The van der Waals surface area contributed by atoms with Crippen LogP contribution < -0.4 is 10.5 Å². The van der Waals surface area contributed by atoms with Gasteiger partial charge in [-0.3, -0.25) is 0 Å². The number of phenolic OH excluding ortho intramolecular Hbond substituents is 1. The van der Waals surface area contributed by atoms with Gasteiger partial charge in [0.25, 0.3) is 0 Å². The lowest BCUT2D eigenvalue weighted by atomic mass is 9.95. The van der Waals surface area contributed by atoms with Gasteiger partial charge in [-0.25, -0.2) is 0 Å². The molecule has 0 atom stereocenters. The Kier molecular flexibility index (Phi) is 4.98. The molecule has 2 rings (SSSR count). The predicted octanol–water partition coefficient (Wildman–Crippen LogP) is 2.49. The number of alkyl halides is 2. The van der Waals surface area contributed by atoms with E-state index >= 15 is 0 Å². The van der Waals surface area contributed by atoms with Crippen molar-refractivity contribution in [1.82, 2.24) is 0 Å². The van der Waals surface area contributed by atoms with Gasteiger partial charge in [-0.2, -0.15) is 8.78 Å². The Bertz CT molecular complexity index is 317.